The Morgan fingerprint density at radius 3 is 2.61 bits per heavy atom. The van der Waals surface area contributed by atoms with E-state index in [0.29, 0.717) is 0 Å². The lowest BCUT2D eigenvalue weighted by molar-refractivity contribution is 1.08. The smallest absolute Gasteiger partial charge is 0.0681 e. The summed E-state index contributed by atoms with van der Waals surface area (Å²) in [5, 5.41) is 0. The lowest BCUT2D eigenvalue weighted by Gasteiger charge is -2.09. The highest BCUT2D eigenvalue weighted by Crippen LogP contribution is 2.29. The number of hydrogen-bond donors (Lipinski definition) is 1. The number of anilines is 1. The predicted molar refractivity (Wildman–Crippen MR) is 76.0 cm³/mol. The van der Waals surface area contributed by atoms with Gasteiger partial charge in [0.15, 0.2) is 0 Å². The number of rotatable bonds is 2. The molecule has 0 aliphatic carbocycles. The van der Waals surface area contributed by atoms with Gasteiger partial charge in [-0.3, -0.25) is 0 Å². The molecule has 0 amide bonds. The second-order valence-corrected chi connectivity index (χ2v) is 5.17. The Labute approximate surface area is 110 Å². The van der Waals surface area contributed by atoms with Gasteiger partial charge in [0.1, 0.15) is 0 Å². The molecule has 0 unspecified atom stereocenters. The first-order valence-corrected chi connectivity index (χ1v) is 6.47. The SMILES string of the molecule is Cc1sncc1-c1ccc(-n2cccc2)c(N)c1. The second-order valence-electron chi connectivity index (χ2n) is 4.16. The normalized spacial score (nSPS) is 10.7. The zero-order chi connectivity index (χ0) is 12.5. The van der Waals surface area contributed by atoms with E-state index in [1.807, 2.05) is 47.4 Å². The van der Waals surface area contributed by atoms with E-state index in [1.165, 1.54) is 16.4 Å². The van der Waals surface area contributed by atoms with Crippen LogP contribution in [0.1, 0.15) is 4.88 Å². The quantitative estimate of drug-likeness (QED) is 0.712. The van der Waals surface area contributed by atoms with Crippen molar-refractivity contribution in [1.82, 2.24) is 8.94 Å². The fourth-order valence-corrected chi connectivity index (χ4v) is 2.61. The molecule has 2 aromatic heterocycles. The fraction of sp³-hybridized carbons (Fsp3) is 0.0714. The number of aromatic nitrogens is 2. The number of nitrogens with zero attached hydrogens (tertiary/aromatic N) is 2. The van der Waals surface area contributed by atoms with Crippen molar-refractivity contribution in [2.24, 2.45) is 0 Å². The molecule has 2 heterocycles. The fourth-order valence-electron chi connectivity index (χ4n) is 2.03. The van der Waals surface area contributed by atoms with Crippen molar-refractivity contribution in [2.45, 2.75) is 6.92 Å². The van der Waals surface area contributed by atoms with Crippen molar-refractivity contribution >= 4 is 17.2 Å². The molecule has 3 nitrogen and oxygen atoms in total. The molecule has 0 bridgehead atoms. The Hall–Kier alpha value is -2.07. The lowest BCUT2D eigenvalue weighted by Crippen LogP contribution is -1.97. The van der Waals surface area contributed by atoms with Crippen LogP contribution in [-0.2, 0) is 0 Å². The zero-order valence-electron chi connectivity index (χ0n) is 10.00. The van der Waals surface area contributed by atoms with Crippen molar-refractivity contribution in [3.63, 3.8) is 0 Å². The number of nitrogen functional groups attached to an aromatic ring is 1. The molecule has 3 rings (SSSR count). The average molecular weight is 255 g/mol. The Morgan fingerprint density at radius 1 is 1.22 bits per heavy atom. The maximum Gasteiger partial charge on any atom is 0.0681 e. The van der Waals surface area contributed by atoms with Gasteiger partial charge in [-0.05, 0) is 48.3 Å². The molecule has 0 saturated heterocycles. The van der Waals surface area contributed by atoms with Crippen molar-refractivity contribution in [1.29, 1.82) is 0 Å². The van der Waals surface area contributed by atoms with Crippen molar-refractivity contribution < 1.29 is 0 Å². The van der Waals surface area contributed by atoms with Crippen LogP contribution in [0.2, 0.25) is 0 Å². The standard InChI is InChI=1S/C14H13N3S/c1-10-12(9-16-18-10)11-4-5-14(13(15)8-11)17-6-2-3-7-17/h2-9H,15H2,1H3. The molecule has 0 saturated carbocycles. The Balaban J connectivity index is 2.07. The van der Waals surface area contributed by atoms with Gasteiger partial charge >= 0.3 is 0 Å². The van der Waals surface area contributed by atoms with Crippen LogP contribution in [0.3, 0.4) is 0 Å². The number of nitrogens with two attached hydrogens (primary N) is 1. The van der Waals surface area contributed by atoms with Gasteiger partial charge < -0.3 is 10.3 Å². The van der Waals surface area contributed by atoms with Gasteiger partial charge in [0.05, 0.1) is 11.4 Å². The molecule has 0 aliphatic rings. The van der Waals surface area contributed by atoms with E-state index >= 15 is 0 Å². The second kappa shape index (κ2) is 4.31. The van der Waals surface area contributed by atoms with E-state index in [1.54, 1.807) is 0 Å². The summed E-state index contributed by atoms with van der Waals surface area (Å²) in [5.41, 5.74) is 10.2. The Kier molecular flexibility index (Phi) is 2.64. The molecule has 0 fully saturated rings. The third-order valence-electron chi connectivity index (χ3n) is 2.97. The summed E-state index contributed by atoms with van der Waals surface area (Å²) in [5.74, 6) is 0. The highest BCUT2D eigenvalue weighted by molar-refractivity contribution is 7.06. The molecular weight excluding hydrogens is 242 g/mol. The van der Waals surface area contributed by atoms with Crippen LogP contribution in [0.15, 0.2) is 48.9 Å². The molecule has 4 heteroatoms. The molecule has 0 aliphatic heterocycles. The van der Waals surface area contributed by atoms with E-state index in [-0.39, 0.29) is 0 Å². The summed E-state index contributed by atoms with van der Waals surface area (Å²) in [7, 11) is 0. The monoisotopic (exact) mass is 255 g/mol. The minimum atomic E-state index is 0.773. The maximum absolute atomic E-state index is 6.13. The van der Waals surface area contributed by atoms with Gasteiger partial charge in [0.2, 0.25) is 0 Å². The third-order valence-corrected chi connectivity index (χ3v) is 3.68. The molecule has 18 heavy (non-hydrogen) atoms. The van der Waals surface area contributed by atoms with Crippen LogP contribution in [-0.4, -0.2) is 8.94 Å². The van der Waals surface area contributed by atoms with Gasteiger partial charge in [-0.2, -0.15) is 0 Å². The van der Waals surface area contributed by atoms with E-state index < -0.39 is 0 Å². The van der Waals surface area contributed by atoms with Crippen LogP contribution in [0.25, 0.3) is 16.8 Å². The van der Waals surface area contributed by atoms with Crippen LogP contribution >= 0.6 is 11.5 Å². The highest BCUT2D eigenvalue weighted by Gasteiger charge is 2.07. The molecule has 1 aromatic carbocycles. The van der Waals surface area contributed by atoms with E-state index in [0.717, 1.165) is 22.5 Å². The van der Waals surface area contributed by atoms with Crippen molar-refractivity contribution in [3.05, 3.63) is 53.8 Å². The first-order chi connectivity index (χ1) is 8.75. The topological polar surface area (TPSA) is 43.8 Å². The van der Waals surface area contributed by atoms with Crippen LogP contribution < -0.4 is 5.73 Å². The Bertz CT molecular complexity index is 668. The molecular formula is C14H13N3S. The van der Waals surface area contributed by atoms with Gasteiger partial charge in [0.25, 0.3) is 0 Å². The summed E-state index contributed by atoms with van der Waals surface area (Å²) >= 11 is 1.51. The van der Waals surface area contributed by atoms with Crippen LogP contribution in [0, 0.1) is 6.92 Å². The van der Waals surface area contributed by atoms with E-state index in [9.17, 15) is 0 Å². The molecule has 0 spiro atoms. The molecule has 3 aromatic rings. The summed E-state index contributed by atoms with van der Waals surface area (Å²) in [6.07, 6.45) is 5.87. The third kappa shape index (κ3) is 1.80. The maximum atomic E-state index is 6.13. The molecule has 2 N–H and O–H groups in total. The van der Waals surface area contributed by atoms with Gasteiger partial charge in [-0.1, -0.05) is 6.07 Å². The minimum Gasteiger partial charge on any atom is -0.397 e. The summed E-state index contributed by atoms with van der Waals surface area (Å²) in [6.45, 7) is 2.07. The summed E-state index contributed by atoms with van der Waals surface area (Å²) < 4.78 is 6.21. The summed E-state index contributed by atoms with van der Waals surface area (Å²) in [4.78, 5) is 1.21. The number of aryl methyl sites for hydroxylation is 1. The number of hydrogen-bond acceptors (Lipinski definition) is 3. The minimum absolute atomic E-state index is 0.773. The van der Waals surface area contributed by atoms with Gasteiger partial charge in [-0.15, -0.1) is 0 Å². The number of benzene rings is 1. The van der Waals surface area contributed by atoms with Gasteiger partial charge in [-0.25, -0.2) is 4.37 Å². The van der Waals surface area contributed by atoms with E-state index in [4.69, 9.17) is 5.73 Å². The van der Waals surface area contributed by atoms with Gasteiger partial charge in [0, 0.05) is 29.0 Å². The predicted octanol–water partition coefficient (Wildman–Crippen LogP) is 3.49. The van der Waals surface area contributed by atoms with Crippen LogP contribution in [0.5, 0.6) is 0 Å². The molecule has 0 radical (unpaired) electrons. The van der Waals surface area contributed by atoms with Crippen molar-refractivity contribution in [3.8, 4) is 16.8 Å². The summed E-state index contributed by atoms with van der Waals surface area (Å²) in [6, 6.07) is 10.1. The molecule has 90 valence electrons. The first-order valence-electron chi connectivity index (χ1n) is 5.70. The zero-order valence-corrected chi connectivity index (χ0v) is 10.8. The first kappa shape index (κ1) is 11.0. The lowest BCUT2D eigenvalue weighted by atomic mass is 10.1. The average Bonchev–Trinajstić information content (AvgIpc) is 2.99. The highest BCUT2D eigenvalue weighted by atomic mass is 32.1. The van der Waals surface area contributed by atoms with Crippen LogP contribution in [0.4, 0.5) is 5.69 Å². The van der Waals surface area contributed by atoms with E-state index in [2.05, 4.69) is 17.4 Å². The molecule has 0 atom stereocenters. The largest absolute Gasteiger partial charge is 0.397 e. The Morgan fingerprint density at radius 2 is 2.00 bits per heavy atom. The van der Waals surface area contributed by atoms with Crippen molar-refractivity contribution in [2.75, 3.05) is 5.73 Å².